The maximum Gasteiger partial charge on any atom is 0.223 e. The molecule has 0 aromatic rings. The summed E-state index contributed by atoms with van der Waals surface area (Å²) in [5.74, 6) is 1.90. The van der Waals surface area contributed by atoms with Crippen LogP contribution in [0.25, 0.3) is 0 Å². The lowest BCUT2D eigenvalue weighted by Crippen LogP contribution is -2.33. The van der Waals surface area contributed by atoms with E-state index in [2.05, 4.69) is 5.32 Å². The fourth-order valence-electron chi connectivity index (χ4n) is 2.41. The fourth-order valence-corrected chi connectivity index (χ4v) is 2.41. The van der Waals surface area contributed by atoms with Crippen LogP contribution in [0.2, 0.25) is 0 Å². The van der Waals surface area contributed by atoms with Crippen molar-refractivity contribution in [2.45, 2.75) is 32.1 Å². The summed E-state index contributed by atoms with van der Waals surface area (Å²) in [6.45, 7) is 1.64. The van der Waals surface area contributed by atoms with E-state index in [9.17, 15) is 4.79 Å². The van der Waals surface area contributed by atoms with E-state index in [1.165, 1.54) is 19.3 Å². The number of nitrogens with one attached hydrogen (secondary N) is 1. The normalized spacial score (nSPS) is 31.8. The van der Waals surface area contributed by atoms with Gasteiger partial charge in [-0.3, -0.25) is 4.79 Å². The zero-order chi connectivity index (χ0) is 9.97. The first-order valence-corrected chi connectivity index (χ1v) is 5.79. The molecule has 14 heavy (non-hydrogen) atoms. The van der Waals surface area contributed by atoms with E-state index in [4.69, 9.17) is 5.73 Å². The minimum Gasteiger partial charge on any atom is -0.356 e. The first-order chi connectivity index (χ1) is 6.81. The second kappa shape index (κ2) is 4.30. The molecule has 3 heteroatoms. The van der Waals surface area contributed by atoms with Crippen molar-refractivity contribution in [3.05, 3.63) is 0 Å². The van der Waals surface area contributed by atoms with E-state index in [0.29, 0.717) is 17.8 Å². The van der Waals surface area contributed by atoms with Crippen molar-refractivity contribution in [3.8, 4) is 0 Å². The Morgan fingerprint density at radius 2 is 1.93 bits per heavy atom. The quantitative estimate of drug-likeness (QED) is 0.701. The molecule has 2 saturated carbocycles. The van der Waals surface area contributed by atoms with E-state index in [-0.39, 0.29) is 5.91 Å². The minimum absolute atomic E-state index is 0.271. The Hall–Kier alpha value is -0.570. The van der Waals surface area contributed by atoms with Gasteiger partial charge in [0.05, 0.1) is 0 Å². The molecule has 3 nitrogen and oxygen atoms in total. The molecule has 0 heterocycles. The van der Waals surface area contributed by atoms with Gasteiger partial charge in [-0.25, -0.2) is 0 Å². The SMILES string of the molecule is NCC1CCCC1CNC(=O)C1CC1. The molecule has 0 aromatic carbocycles. The Bertz CT molecular complexity index is 213. The Morgan fingerprint density at radius 3 is 2.57 bits per heavy atom. The summed E-state index contributed by atoms with van der Waals surface area (Å²) in [5.41, 5.74) is 5.69. The molecule has 1 amide bonds. The van der Waals surface area contributed by atoms with Crippen molar-refractivity contribution >= 4 is 5.91 Å². The number of hydrogen-bond acceptors (Lipinski definition) is 2. The van der Waals surface area contributed by atoms with Gasteiger partial charge in [0.1, 0.15) is 0 Å². The number of carbonyl (C=O) groups excluding carboxylic acids is 1. The summed E-state index contributed by atoms with van der Waals surface area (Å²) in [6.07, 6.45) is 5.97. The summed E-state index contributed by atoms with van der Waals surface area (Å²) in [7, 11) is 0. The van der Waals surface area contributed by atoms with Gasteiger partial charge < -0.3 is 11.1 Å². The molecule has 0 saturated heterocycles. The van der Waals surface area contributed by atoms with Crippen LogP contribution in [0.3, 0.4) is 0 Å². The molecule has 2 unspecified atom stereocenters. The van der Waals surface area contributed by atoms with E-state index in [1.54, 1.807) is 0 Å². The van der Waals surface area contributed by atoms with E-state index in [1.807, 2.05) is 0 Å². The van der Waals surface area contributed by atoms with Crippen LogP contribution in [0.4, 0.5) is 0 Å². The zero-order valence-electron chi connectivity index (χ0n) is 8.67. The van der Waals surface area contributed by atoms with Crippen molar-refractivity contribution < 1.29 is 4.79 Å². The van der Waals surface area contributed by atoms with Crippen LogP contribution in [0, 0.1) is 17.8 Å². The number of nitrogens with two attached hydrogens (primary N) is 1. The van der Waals surface area contributed by atoms with Gasteiger partial charge >= 0.3 is 0 Å². The summed E-state index contributed by atoms with van der Waals surface area (Å²) in [4.78, 5) is 11.4. The first-order valence-electron chi connectivity index (χ1n) is 5.79. The maximum atomic E-state index is 11.4. The van der Waals surface area contributed by atoms with Gasteiger partial charge in [0, 0.05) is 12.5 Å². The summed E-state index contributed by atoms with van der Waals surface area (Å²) >= 11 is 0. The van der Waals surface area contributed by atoms with Gasteiger partial charge in [0.15, 0.2) is 0 Å². The average molecular weight is 196 g/mol. The first kappa shape index (κ1) is 9.97. The van der Waals surface area contributed by atoms with Crippen molar-refractivity contribution in [2.24, 2.45) is 23.5 Å². The predicted molar refractivity (Wildman–Crippen MR) is 55.6 cm³/mol. The molecular formula is C11H20N2O. The summed E-state index contributed by atoms with van der Waals surface area (Å²) in [5, 5.41) is 3.06. The van der Waals surface area contributed by atoms with Crippen LogP contribution in [-0.4, -0.2) is 19.0 Å². The lowest BCUT2D eigenvalue weighted by molar-refractivity contribution is -0.122. The Morgan fingerprint density at radius 1 is 1.21 bits per heavy atom. The standard InChI is InChI=1S/C11H20N2O/c12-6-9-2-1-3-10(9)7-13-11(14)8-4-5-8/h8-10H,1-7,12H2,(H,13,14). The number of rotatable bonds is 4. The minimum atomic E-state index is 0.271. The van der Waals surface area contributed by atoms with Crippen LogP contribution in [0.15, 0.2) is 0 Å². The number of amides is 1. The topological polar surface area (TPSA) is 55.1 Å². The average Bonchev–Trinajstić information content (AvgIpc) is 2.94. The van der Waals surface area contributed by atoms with Crippen LogP contribution in [-0.2, 0) is 4.79 Å². The highest BCUT2D eigenvalue weighted by atomic mass is 16.2. The van der Waals surface area contributed by atoms with E-state index in [0.717, 1.165) is 25.9 Å². The largest absolute Gasteiger partial charge is 0.356 e. The van der Waals surface area contributed by atoms with Crippen molar-refractivity contribution in [1.82, 2.24) is 5.32 Å². The molecule has 0 aromatic heterocycles. The number of hydrogen-bond donors (Lipinski definition) is 2. The molecule has 2 atom stereocenters. The molecule has 80 valence electrons. The summed E-state index contributed by atoms with van der Waals surface area (Å²) in [6, 6.07) is 0. The van der Waals surface area contributed by atoms with Gasteiger partial charge in [0.25, 0.3) is 0 Å². The number of carbonyl (C=O) groups is 1. The van der Waals surface area contributed by atoms with Crippen LogP contribution >= 0.6 is 0 Å². The highest BCUT2D eigenvalue weighted by Gasteiger charge is 2.31. The van der Waals surface area contributed by atoms with E-state index < -0.39 is 0 Å². The van der Waals surface area contributed by atoms with Crippen LogP contribution < -0.4 is 11.1 Å². The third kappa shape index (κ3) is 2.27. The molecule has 2 rings (SSSR count). The van der Waals surface area contributed by atoms with Gasteiger partial charge in [0.2, 0.25) is 5.91 Å². The van der Waals surface area contributed by atoms with Gasteiger partial charge in [-0.1, -0.05) is 6.42 Å². The molecule has 2 fully saturated rings. The molecule has 0 spiro atoms. The van der Waals surface area contributed by atoms with Crippen molar-refractivity contribution in [1.29, 1.82) is 0 Å². The molecule has 0 aliphatic heterocycles. The molecule has 0 radical (unpaired) electrons. The second-order valence-electron chi connectivity index (χ2n) is 4.71. The third-order valence-electron chi connectivity index (χ3n) is 3.61. The molecule has 0 bridgehead atoms. The zero-order valence-corrected chi connectivity index (χ0v) is 8.67. The van der Waals surface area contributed by atoms with E-state index >= 15 is 0 Å². The molecule has 3 N–H and O–H groups in total. The van der Waals surface area contributed by atoms with Gasteiger partial charge in [-0.15, -0.1) is 0 Å². The van der Waals surface area contributed by atoms with Crippen molar-refractivity contribution in [2.75, 3.05) is 13.1 Å². The van der Waals surface area contributed by atoms with Crippen molar-refractivity contribution in [3.63, 3.8) is 0 Å². The highest BCUT2D eigenvalue weighted by Crippen LogP contribution is 2.31. The van der Waals surface area contributed by atoms with Gasteiger partial charge in [-0.2, -0.15) is 0 Å². The molecular weight excluding hydrogens is 176 g/mol. The van der Waals surface area contributed by atoms with Gasteiger partial charge in [-0.05, 0) is 44.1 Å². The molecule has 2 aliphatic rings. The Kier molecular flexibility index (Phi) is 3.06. The van der Waals surface area contributed by atoms with Crippen LogP contribution in [0.5, 0.6) is 0 Å². The predicted octanol–water partition coefficient (Wildman–Crippen LogP) is 0.888. The fraction of sp³-hybridized carbons (Fsp3) is 0.909. The molecule has 2 aliphatic carbocycles. The Balaban J connectivity index is 1.70. The monoisotopic (exact) mass is 196 g/mol. The van der Waals surface area contributed by atoms with Crippen LogP contribution in [0.1, 0.15) is 32.1 Å². The summed E-state index contributed by atoms with van der Waals surface area (Å²) < 4.78 is 0. The lowest BCUT2D eigenvalue weighted by atomic mass is 9.96. The second-order valence-corrected chi connectivity index (χ2v) is 4.71. The smallest absolute Gasteiger partial charge is 0.223 e. The maximum absolute atomic E-state index is 11.4. The highest BCUT2D eigenvalue weighted by molar-refractivity contribution is 5.80. The lowest BCUT2D eigenvalue weighted by Gasteiger charge is -2.18. The Labute approximate surface area is 85.4 Å². The third-order valence-corrected chi connectivity index (χ3v) is 3.61.